The average Bonchev–Trinajstić information content (AvgIpc) is 3.36. The van der Waals surface area contributed by atoms with Crippen molar-refractivity contribution in [2.45, 2.75) is 45.9 Å². The first-order valence-electron chi connectivity index (χ1n) is 9.78. The molecule has 0 aliphatic carbocycles. The topological polar surface area (TPSA) is 72.3 Å². The molecule has 1 amide bonds. The highest BCUT2D eigenvalue weighted by Crippen LogP contribution is 2.24. The van der Waals surface area contributed by atoms with Gasteiger partial charge in [0.05, 0.1) is 24.4 Å². The Bertz CT molecular complexity index is 765. The molecule has 1 saturated heterocycles. The number of nitrogens with one attached hydrogen (secondary N) is 1. The van der Waals surface area contributed by atoms with Gasteiger partial charge in [0, 0.05) is 42.7 Å². The van der Waals surface area contributed by atoms with E-state index in [-0.39, 0.29) is 5.91 Å². The summed E-state index contributed by atoms with van der Waals surface area (Å²) < 4.78 is 7.82. The Morgan fingerprint density at radius 1 is 1.41 bits per heavy atom. The number of fused-ring (bicyclic) bond motifs is 1. The molecule has 146 valence electrons. The minimum Gasteiger partial charge on any atom is -0.376 e. The minimum absolute atomic E-state index is 0.0598. The Hall–Kier alpha value is -1.77. The largest absolute Gasteiger partial charge is 0.376 e. The van der Waals surface area contributed by atoms with Crippen LogP contribution in [0.25, 0.3) is 0 Å². The third kappa shape index (κ3) is 4.23. The Labute approximate surface area is 163 Å². The molecule has 0 bridgehead atoms. The lowest BCUT2D eigenvalue weighted by Crippen LogP contribution is -2.38. The molecule has 0 saturated carbocycles. The van der Waals surface area contributed by atoms with E-state index in [0.29, 0.717) is 18.2 Å². The lowest BCUT2D eigenvalue weighted by molar-refractivity contribution is 0.0930. The monoisotopic (exact) mass is 389 g/mol. The van der Waals surface area contributed by atoms with E-state index in [9.17, 15) is 4.79 Å². The predicted octanol–water partition coefficient (Wildman–Crippen LogP) is 2.07. The van der Waals surface area contributed by atoms with Gasteiger partial charge in [-0.2, -0.15) is 5.10 Å². The lowest BCUT2D eigenvalue weighted by atomic mass is 9.96. The summed E-state index contributed by atoms with van der Waals surface area (Å²) in [5.41, 5.74) is 6.06. The number of aromatic nitrogens is 3. The van der Waals surface area contributed by atoms with Crippen molar-refractivity contribution < 1.29 is 9.53 Å². The summed E-state index contributed by atoms with van der Waals surface area (Å²) >= 11 is 1.45. The van der Waals surface area contributed by atoms with Gasteiger partial charge in [-0.25, -0.2) is 4.98 Å². The van der Waals surface area contributed by atoms with Crippen LogP contribution in [0.2, 0.25) is 0 Å². The van der Waals surface area contributed by atoms with Gasteiger partial charge in [-0.15, -0.1) is 11.3 Å². The fourth-order valence-corrected chi connectivity index (χ4v) is 4.51. The maximum absolute atomic E-state index is 12.0. The number of amides is 1. The normalized spacial score (nSPS) is 18.4. The molecule has 7 nitrogen and oxygen atoms in total. The molecule has 0 spiro atoms. The Morgan fingerprint density at radius 2 is 2.26 bits per heavy atom. The smallest absolute Gasteiger partial charge is 0.270 e. The van der Waals surface area contributed by atoms with Gasteiger partial charge in [0.2, 0.25) is 0 Å². The van der Waals surface area contributed by atoms with Crippen LogP contribution in [-0.4, -0.2) is 51.8 Å². The SMILES string of the molecule is CCn1nc(CN2CCC(CNC(=O)c3cscn3)CC2)c2c1CCOC2. The van der Waals surface area contributed by atoms with Crippen molar-refractivity contribution in [3.8, 4) is 0 Å². The van der Waals surface area contributed by atoms with E-state index in [1.807, 2.05) is 0 Å². The van der Waals surface area contributed by atoms with Gasteiger partial charge in [0.25, 0.3) is 5.91 Å². The first-order chi connectivity index (χ1) is 13.2. The predicted molar refractivity (Wildman–Crippen MR) is 104 cm³/mol. The van der Waals surface area contributed by atoms with E-state index in [0.717, 1.165) is 58.6 Å². The molecule has 4 rings (SSSR count). The number of hydrogen-bond donors (Lipinski definition) is 1. The maximum atomic E-state index is 12.0. The number of rotatable bonds is 6. The number of ether oxygens (including phenoxy) is 1. The second-order valence-corrected chi connectivity index (χ2v) is 8.01. The number of piperidine rings is 1. The second kappa shape index (κ2) is 8.50. The zero-order valence-electron chi connectivity index (χ0n) is 15.8. The van der Waals surface area contributed by atoms with Gasteiger partial charge in [0.15, 0.2) is 0 Å². The third-order valence-corrected chi connectivity index (χ3v) is 6.16. The highest BCUT2D eigenvalue weighted by molar-refractivity contribution is 7.07. The second-order valence-electron chi connectivity index (χ2n) is 7.29. The van der Waals surface area contributed by atoms with E-state index < -0.39 is 0 Å². The summed E-state index contributed by atoms with van der Waals surface area (Å²) in [6.07, 6.45) is 3.17. The van der Waals surface area contributed by atoms with Crippen LogP contribution in [0.1, 0.15) is 47.2 Å². The van der Waals surface area contributed by atoms with E-state index >= 15 is 0 Å². The zero-order valence-corrected chi connectivity index (χ0v) is 16.6. The molecular weight excluding hydrogens is 362 g/mol. The van der Waals surface area contributed by atoms with Crippen molar-refractivity contribution >= 4 is 17.2 Å². The fraction of sp³-hybridized carbons (Fsp3) is 0.632. The van der Waals surface area contributed by atoms with Crippen molar-refractivity contribution in [3.63, 3.8) is 0 Å². The number of thiazole rings is 1. The molecule has 4 heterocycles. The molecular formula is C19H27N5O2S. The fourth-order valence-electron chi connectivity index (χ4n) is 3.98. The van der Waals surface area contributed by atoms with Crippen molar-refractivity contribution in [1.82, 2.24) is 25.0 Å². The van der Waals surface area contributed by atoms with Crippen molar-refractivity contribution in [3.05, 3.63) is 33.5 Å². The third-order valence-electron chi connectivity index (χ3n) is 5.58. The Kier molecular flexibility index (Phi) is 5.85. The van der Waals surface area contributed by atoms with Crippen LogP contribution in [0.3, 0.4) is 0 Å². The maximum Gasteiger partial charge on any atom is 0.270 e. The molecule has 8 heteroatoms. The molecule has 0 aromatic carbocycles. The summed E-state index contributed by atoms with van der Waals surface area (Å²) in [6, 6.07) is 0. The number of aryl methyl sites for hydroxylation is 1. The molecule has 2 aliphatic heterocycles. The van der Waals surface area contributed by atoms with Crippen molar-refractivity contribution in [2.24, 2.45) is 5.92 Å². The minimum atomic E-state index is -0.0598. The highest BCUT2D eigenvalue weighted by atomic mass is 32.1. The van der Waals surface area contributed by atoms with Gasteiger partial charge in [0.1, 0.15) is 5.69 Å². The number of carbonyl (C=O) groups excluding carboxylic acids is 1. The standard InChI is InChI=1S/C19H27N5O2S/c1-2-24-18-5-8-26-11-15(18)16(22-24)10-23-6-3-14(4-7-23)9-20-19(25)17-12-27-13-21-17/h12-14H,2-11H2,1H3,(H,20,25). The van der Waals surface area contributed by atoms with Crippen LogP contribution in [0.5, 0.6) is 0 Å². The van der Waals surface area contributed by atoms with Crippen molar-refractivity contribution in [1.29, 1.82) is 0 Å². The number of carbonyl (C=O) groups is 1. The number of nitrogens with zero attached hydrogens (tertiary/aromatic N) is 4. The van der Waals surface area contributed by atoms with Gasteiger partial charge < -0.3 is 10.1 Å². The van der Waals surface area contributed by atoms with E-state index in [4.69, 9.17) is 9.84 Å². The van der Waals surface area contributed by atoms with Crippen LogP contribution in [-0.2, 0) is 30.9 Å². The molecule has 27 heavy (non-hydrogen) atoms. The van der Waals surface area contributed by atoms with E-state index in [1.165, 1.54) is 28.3 Å². The molecule has 1 N–H and O–H groups in total. The van der Waals surface area contributed by atoms with Crippen LogP contribution in [0, 0.1) is 5.92 Å². The first-order valence-corrected chi connectivity index (χ1v) is 10.7. The summed E-state index contributed by atoms with van der Waals surface area (Å²) in [7, 11) is 0. The quantitative estimate of drug-likeness (QED) is 0.819. The van der Waals surface area contributed by atoms with Crippen LogP contribution in [0.15, 0.2) is 10.9 Å². The zero-order chi connectivity index (χ0) is 18.6. The van der Waals surface area contributed by atoms with Crippen LogP contribution >= 0.6 is 11.3 Å². The van der Waals surface area contributed by atoms with E-state index in [2.05, 4.69) is 26.8 Å². The van der Waals surface area contributed by atoms with Gasteiger partial charge in [-0.3, -0.25) is 14.4 Å². The van der Waals surface area contributed by atoms with Gasteiger partial charge in [-0.1, -0.05) is 0 Å². The summed E-state index contributed by atoms with van der Waals surface area (Å²) in [4.78, 5) is 18.6. The van der Waals surface area contributed by atoms with Gasteiger partial charge >= 0.3 is 0 Å². The van der Waals surface area contributed by atoms with Crippen LogP contribution in [0.4, 0.5) is 0 Å². The number of hydrogen-bond acceptors (Lipinski definition) is 6. The summed E-state index contributed by atoms with van der Waals surface area (Å²) in [5.74, 6) is 0.477. The molecule has 2 aromatic heterocycles. The van der Waals surface area contributed by atoms with Crippen LogP contribution < -0.4 is 5.32 Å². The highest BCUT2D eigenvalue weighted by Gasteiger charge is 2.25. The van der Waals surface area contributed by atoms with Gasteiger partial charge in [-0.05, 0) is 38.8 Å². The molecule has 1 fully saturated rings. The molecule has 0 unspecified atom stereocenters. The molecule has 0 atom stereocenters. The number of likely N-dealkylation sites (tertiary alicyclic amines) is 1. The molecule has 2 aliphatic rings. The summed E-state index contributed by atoms with van der Waals surface area (Å²) in [6.45, 7) is 8.30. The first kappa shape index (κ1) is 18.6. The summed E-state index contributed by atoms with van der Waals surface area (Å²) in [5, 5.41) is 9.66. The Morgan fingerprint density at radius 3 is 3.00 bits per heavy atom. The molecule has 0 radical (unpaired) electrons. The van der Waals surface area contributed by atoms with Crippen molar-refractivity contribution in [2.75, 3.05) is 26.2 Å². The average molecular weight is 390 g/mol. The van der Waals surface area contributed by atoms with E-state index in [1.54, 1.807) is 10.9 Å². The Balaban J connectivity index is 1.27. The molecule has 2 aromatic rings. The lowest BCUT2D eigenvalue weighted by Gasteiger charge is -2.31.